The number of anilines is 1. The number of nitrogens with zero attached hydrogens (tertiary/aromatic N) is 1. The number of fused-ring (bicyclic) bond motifs is 1. The van der Waals surface area contributed by atoms with Crippen LogP contribution in [0.4, 0.5) is 5.95 Å². The first-order chi connectivity index (χ1) is 11.2. The number of nitrogens with one attached hydrogen (secondary N) is 2. The molecule has 1 aromatic heterocycles. The maximum absolute atomic E-state index is 12.8. The molecule has 4 heteroatoms. The number of aromatic nitrogens is 2. The average Bonchev–Trinajstić information content (AvgIpc) is 2.98. The highest BCUT2D eigenvalue weighted by Gasteiger charge is 2.26. The molecule has 0 saturated carbocycles. The molecular formula is C19H21N3O. The fourth-order valence-corrected chi connectivity index (χ4v) is 2.84. The number of aromatic amines is 1. The van der Waals surface area contributed by atoms with Crippen molar-refractivity contribution in [3.8, 4) is 0 Å². The fraction of sp³-hybridized carbons (Fsp3) is 0.263. The molecule has 3 rings (SSSR count). The third-order valence-electron chi connectivity index (χ3n) is 4.29. The highest BCUT2D eigenvalue weighted by atomic mass is 16.2. The van der Waals surface area contributed by atoms with Crippen molar-refractivity contribution in [1.29, 1.82) is 0 Å². The molecule has 0 aliphatic rings. The third kappa shape index (κ3) is 3.26. The predicted molar refractivity (Wildman–Crippen MR) is 93.4 cm³/mol. The van der Waals surface area contributed by atoms with Crippen LogP contribution in [0, 0.1) is 5.92 Å². The Hall–Kier alpha value is -2.62. The highest BCUT2D eigenvalue weighted by molar-refractivity contribution is 5.96. The summed E-state index contributed by atoms with van der Waals surface area (Å²) >= 11 is 0. The standard InChI is InChI=1S/C19H21N3O/c1-3-13(2)17(14-9-5-4-6-10-14)18(23)22-19-20-15-11-7-8-12-16(15)21-19/h4-13,17H,3H2,1-2H3,(H2,20,21,22,23)/t13-,17-/m1/s1. The SMILES string of the molecule is CC[C@@H](C)[C@@H](C(=O)Nc1nc2ccccc2[nH]1)c1ccccc1. The number of H-pyrrole nitrogens is 1. The summed E-state index contributed by atoms with van der Waals surface area (Å²) in [6, 6.07) is 17.7. The summed E-state index contributed by atoms with van der Waals surface area (Å²) in [4.78, 5) is 20.4. The van der Waals surface area contributed by atoms with Gasteiger partial charge in [0.15, 0.2) is 0 Å². The van der Waals surface area contributed by atoms with Crippen molar-refractivity contribution in [1.82, 2.24) is 9.97 Å². The van der Waals surface area contributed by atoms with E-state index in [4.69, 9.17) is 0 Å². The quantitative estimate of drug-likeness (QED) is 0.737. The Morgan fingerprint density at radius 1 is 1.13 bits per heavy atom. The fourth-order valence-electron chi connectivity index (χ4n) is 2.84. The summed E-state index contributed by atoms with van der Waals surface area (Å²) in [5, 5.41) is 2.94. The summed E-state index contributed by atoms with van der Waals surface area (Å²) in [7, 11) is 0. The molecule has 3 aromatic rings. The van der Waals surface area contributed by atoms with Crippen LogP contribution in [0.15, 0.2) is 54.6 Å². The van der Waals surface area contributed by atoms with Gasteiger partial charge in [-0.25, -0.2) is 4.98 Å². The van der Waals surface area contributed by atoms with Crippen molar-refractivity contribution < 1.29 is 4.79 Å². The average molecular weight is 307 g/mol. The van der Waals surface area contributed by atoms with Gasteiger partial charge in [0.25, 0.3) is 0 Å². The summed E-state index contributed by atoms with van der Waals surface area (Å²) in [6.45, 7) is 4.21. The van der Waals surface area contributed by atoms with E-state index in [0.29, 0.717) is 5.95 Å². The first-order valence-electron chi connectivity index (χ1n) is 7.99. The van der Waals surface area contributed by atoms with Crippen LogP contribution in [0.25, 0.3) is 11.0 Å². The van der Waals surface area contributed by atoms with Gasteiger partial charge in [-0.05, 0) is 23.6 Å². The number of imidazole rings is 1. The zero-order valence-corrected chi connectivity index (χ0v) is 13.4. The lowest BCUT2D eigenvalue weighted by Gasteiger charge is -2.22. The zero-order valence-electron chi connectivity index (χ0n) is 13.4. The van der Waals surface area contributed by atoms with E-state index in [0.717, 1.165) is 23.0 Å². The zero-order chi connectivity index (χ0) is 16.2. The third-order valence-corrected chi connectivity index (χ3v) is 4.29. The monoisotopic (exact) mass is 307 g/mol. The van der Waals surface area contributed by atoms with Crippen molar-refractivity contribution >= 4 is 22.9 Å². The molecule has 118 valence electrons. The van der Waals surface area contributed by atoms with Gasteiger partial charge in [0, 0.05) is 0 Å². The van der Waals surface area contributed by atoms with Crippen molar-refractivity contribution in [2.45, 2.75) is 26.2 Å². The summed E-state index contributed by atoms with van der Waals surface area (Å²) < 4.78 is 0. The predicted octanol–water partition coefficient (Wildman–Crippen LogP) is 4.33. The molecule has 2 N–H and O–H groups in total. The molecule has 0 saturated heterocycles. The van der Waals surface area contributed by atoms with E-state index in [-0.39, 0.29) is 17.7 Å². The highest BCUT2D eigenvalue weighted by Crippen LogP contribution is 2.28. The Balaban J connectivity index is 1.86. The molecule has 2 atom stereocenters. The molecule has 0 radical (unpaired) electrons. The Labute approximate surface area is 136 Å². The molecule has 1 heterocycles. The van der Waals surface area contributed by atoms with Crippen LogP contribution >= 0.6 is 0 Å². The molecule has 4 nitrogen and oxygen atoms in total. The van der Waals surface area contributed by atoms with E-state index >= 15 is 0 Å². The Kier molecular flexibility index (Phi) is 4.42. The smallest absolute Gasteiger partial charge is 0.234 e. The second-order valence-corrected chi connectivity index (χ2v) is 5.87. The maximum atomic E-state index is 12.8. The number of carbonyl (C=O) groups is 1. The van der Waals surface area contributed by atoms with Crippen LogP contribution in [0.3, 0.4) is 0 Å². The Morgan fingerprint density at radius 2 is 1.83 bits per heavy atom. The van der Waals surface area contributed by atoms with Crippen LogP contribution in [-0.4, -0.2) is 15.9 Å². The van der Waals surface area contributed by atoms with Gasteiger partial charge in [0.2, 0.25) is 11.9 Å². The molecule has 1 amide bonds. The molecule has 2 aromatic carbocycles. The number of benzene rings is 2. The first kappa shape index (κ1) is 15.3. The normalized spacial score (nSPS) is 13.7. The van der Waals surface area contributed by atoms with Crippen LogP contribution in [0.1, 0.15) is 31.7 Å². The van der Waals surface area contributed by atoms with Crippen molar-refractivity contribution in [2.75, 3.05) is 5.32 Å². The molecule has 0 fully saturated rings. The Morgan fingerprint density at radius 3 is 2.52 bits per heavy atom. The lowest BCUT2D eigenvalue weighted by Crippen LogP contribution is -2.26. The van der Waals surface area contributed by atoms with E-state index in [1.807, 2.05) is 54.6 Å². The van der Waals surface area contributed by atoms with Gasteiger partial charge < -0.3 is 4.98 Å². The largest absolute Gasteiger partial charge is 0.324 e. The van der Waals surface area contributed by atoms with Crippen LogP contribution < -0.4 is 5.32 Å². The first-order valence-corrected chi connectivity index (χ1v) is 7.99. The van der Waals surface area contributed by atoms with Crippen LogP contribution in [0.2, 0.25) is 0 Å². The number of hydrogen-bond acceptors (Lipinski definition) is 2. The van der Waals surface area contributed by atoms with Crippen molar-refractivity contribution in [2.24, 2.45) is 5.92 Å². The molecule has 23 heavy (non-hydrogen) atoms. The lowest BCUT2D eigenvalue weighted by atomic mass is 9.85. The van der Waals surface area contributed by atoms with Crippen LogP contribution in [-0.2, 0) is 4.79 Å². The summed E-state index contributed by atoms with van der Waals surface area (Å²) in [5.41, 5.74) is 2.81. The van der Waals surface area contributed by atoms with Gasteiger partial charge in [-0.1, -0.05) is 62.7 Å². The minimum atomic E-state index is -0.186. The number of rotatable bonds is 5. The van der Waals surface area contributed by atoms with Gasteiger partial charge in [-0.15, -0.1) is 0 Å². The van der Waals surface area contributed by atoms with Gasteiger partial charge in [0.1, 0.15) is 0 Å². The molecule has 0 aliphatic carbocycles. The summed E-state index contributed by atoms with van der Waals surface area (Å²) in [5.74, 6) is 0.543. The summed E-state index contributed by atoms with van der Waals surface area (Å²) in [6.07, 6.45) is 0.938. The lowest BCUT2D eigenvalue weighted by molar-refractivity contribution is -0.118. The topological polar surface area (TPSA) is 57.8 Å². The second kappa shape index (κ2) is 6.65. The van der Waals surface area contributed by atoms with E-state index in [2.05, 4.69) is 29.1 Å². The van der Waals surface area contributed by atoms with Gasteiger partial charge in [0.05, 0.1) is 17.0 Å². The molecule has 0 spiro atoms. The second-order valence-electron chi connectivity index (χ2n) is 5.87. The number of carbonyl (C=O) groups excluding carboxylic acids is 1. The molecule has 0 unspecified atom stereocenters. The minimum Gasteiger partial charge on any atom is -0.324 e. The van der Waals surface area contributed by atoms with Crippen LogP contribution in [0.5, 0.6) is 0 Å². The number of amides is 1. The van der Waals surface area contributed by atoms with E-state index in [9.17, 15) is 4.79 Å². The van der Waals surface area contributed by atoms with Gasteiger partial charge >= 0.3 is 0 Å². The maximum Gasteiger partial charge on any atom is 0.234 e. The number of hydrogen-bond donors (Lipinski definition) is 2. The number of para-hydroxylation sites is 2. The van der Waals surface area contributed by atoms with Gasteiger partial charge in [-0.2, -0.15) is 0 Å². The van der Waals surface area contributed by atoms with E-state index < -0.39 is 0 Å². The van der Waals surface area contributed by atoms with Crippen molar-refractivity contribution in [3.63, 3.8) is 0 Å². The Bertz CT molecular complexity index is 761. The van der Waals surface area contributed by atoms with Crippen molar-refractivity contribution in [3.05, 3.63) is 60.2 Å². The molecule has 0 bridgehead atoms. The minimum absolute atomic E-state index is 0.0235. The van der Waals surface area contributed by atoms with E-state index in [1.54, 1.807) is 0 Å². The van der Waals surface area contributed by atoms with E-state index in [1.165, 1.54) is 0 Å². The molecular weight excluding hydrogens is 286 g/mol. The molecule has 0 aliphatic heterocycles. The van der Waals surface area contributed by atoms with Gasteiger partial charge in [-0.3, -0.25) is 10.1 Å².